The van der Waals surface area contributed by atoms with Gasteiger partial charge in [-0.2, -0.15) is 8.42 Å². The molecule has 22 heavy (non-hydrogen) atoms. The van der Waals surface area contributed by atoms with Gasteiger partial charge in [-0.1, -0.05) is 30.3 Å². The van der Waals surface area contributed by atoms with Gasteiger partial charge in [0.25, 0.3) is 7.19 Å². The van der Waals surface area contributed by atoms with Crippen molar-refractivity contribution in [3.8, 4) is 0 Å². The fraction of sp³-hybridized carbons (Fsp3) is 0.214. The van der Waals surface area contributed by atoms with Crippen LogP contribution in [0.1, 0.15) is 21.6 Å². The first kappa shape index (κ1) is 17.0. The fourth-order valence-corrected chi connectivity index (χ4v) is 3.53. The average Bonchev–Trinajstić information content (AvgIpc) is 2.90. The van der Waals surface area contributed by atoms with Gasteiger partial charge in [0.05, 0.1) is 21.2 Å². The van der Waals surface area contributed by atoms with Crippen LogP contribution in [0.2, 0.25) is 0 Å². The van der Waals surface area contributed by atoms with Crippen LogP contribution in [0.4, 0.5) is 0 Å². The summed E-state index contributed by atoms with van der Waals surface area (Å²) in [5.74, 6) is -0.675. The molecule has 0 saturated carbocycles. The molecule has 0 saturated heterocycles. The molecule has 0 amide bonds. The van der Waals surface area contributed by atoms with Crippen molar-refractivity contribution in [3.05, 3.63) is 59.4 Å². The molecule has 0 atom stereocenters. The third kappa shape index (κ3) is 4.31. The average molecular weight is 434 g/mol. The lowest BCUT2D eigenvalue weighted by Crippen LogP contribution is -2.14. The molecule has 0 unspecified atom stereocenters. The van der Waals surface area contributed by atoms with Gasteiger partial charge in [-0.3, -0.25) is 0 Å². The van der Waals surface area contributed by atoms with Crippen molar-refractivity contribution in [3.63, 3.8) is 0 Å². The van der Waals surface area contributed by atoms with Gasteiger partial charge in [-0.05, 0) is 24.2 Å². The topological polar surface area (TPSA) is 77.4 Å². The van der Waals surface area contributed by atoms with Crippen LogP contribution < -0.4 is 5.32 Å². The van der Waals surface area contributed by atoms with Crippen LogP contribution in [0.5, 0.6) is 0 Å². The third-order valence-corrected chi connectivity index (χ3v) is 4.93. The highest BCUT2D eigenvalue weighted by molar-refractivity contribution is 14.2. The summed E-state index contributed by atoms with van der Waals surface area (Å²) in [6.45, 7) is 0.547. The lowest BCUT2D eigenvalue weighted by atomic mass is 10.2. The first-order valence-electron chi connectivity index (χ1n) is 6.44. The highest BCUT2D eigenvalue weighted by Crippen LogP contribution is 2.18. The second kappa shape index (κ2) is 7.25. The quantitative estimate of drug-likeness (QED) is 0.428. The summed E-state index contributed by atoms with van der Waals surface area (Å²) in [6, 6.07) is 10.7. The standard InChI is InChI=1S/C14H15IN2O4S/c1-16-8-12-7-13(17(9-12)22(15,19)20)14(18)21-10-11-5-3-2-4-6-11/h2-7,9,16H,8,10H2,1H3. The lowest BCUT2D eigenvalue weighted by molar-refractivity contribution is 0.0464. The Balaban J connectivity index is 2.21. The molecule has 1 aromatic heterocycles. The van der Waals surface area contributed by atoms with E-state index >= 15 is 0 Å². The molecular weight excluding hydrogens is 419 g/mol. The minimum absolute atomic E-state index is 0.00409. The van der Waals surface area contributed by atoms with Crippen LogP contribution in [0.25, 0.3) is 0 Å². The molecule has 0 aliphatic heterocycles. The summed E-state index contributed by atoms with van der Waals surface area (Å²) in [4.78, 5) is 12.2. The van der Waals surface area contributed by atoms with E-state index in [9.17, 15) is 13.2 Å². The fourth-order valence-electron chi connectivity index (χ4n) is 1.92. The number of aromatic nitrogens is 1. The van der Waals surface area contributed by atoms with E-state index in [1.807, 2.05) is 30.3 Å². The molecule has 8 heteroatoms. The Bertz CT molecular complexity index is 756. The van der Waals surface area contributed by atoms with Gasteiger partial charge in [0, 0.05) is 12.7 Å². The number of ether oxygens (including phenoxy) is 1. The number of hydrogen-bond donors (Lipinski definition) is 1. The van der Waals surface area contributed by atoms with Crippen LogP contribution in [0, 0.1) is 0 Å². The largest absolute Gasteiger partial charge is 0.456 e. The van der Waals surface area contributed by atoms with Crippen molar-refractivity contribution >= 4 is 34.4 Å². The number of nitrogens with one attached hydrogen (secondary N) is 1. The van der Waals surface area contributed by atoms with E-state index in [1.165, 1.54) is 33.5 Å². The van der Waals surface area contributed by atoms with Gasteiger partial charge in [0.1, 0.15) is 12.3 Å². The lowest BCUT2D eigenvalue weighted by Gasteiger charge is -2.06. The highest BCUT2D eigenvalue weighted by Gasteiger charge is 2.21. The zero-order valence-electron chi connectivity index (χ0n) is 11.8. The maximum atomic E-state index is 12.2. The minimum Gasteiger partial charge on any atom is -0.456 e. The molecule has 1 aromatic carbocycles. The van der Waals surface area contributed by atoms with Crippen LogP contribution in [-0.4, -0.2) is 25.4 Å². The number of rotatable bonds is 6. The number of benzene rings is 1. The molecule has 2 rings (SSSR count). The molecule has 1 N–H and O–H groups in total. The summed E-state index contributed by atoms with van der Waals surface area (Å²) in [5.41, 5.74) is 1.52. The summed E-state index contributed by atoms with van der Waals surface area (Å²) >= 11 is 1.29. The second-order valence-corrected chi connectivity index (χ2v) is 9.12. The Morgan fingerprint density at radius 2 is 1.95 bits per heavy atom. The van der Waals surface area contributed by atoms with Crippen LogP contribution in [0.15, 0.2) is 42.6 Å². The van der Waals surface area contributed by atoms with E-state index in [0.717, 1.165) is 9.54 Å². The van der Waals surface area contributed by atoms with Gasteiger partial charge in [-0.15, -0.1) is 0 Å². The molecule has 1 heterocycles. The predicted molar refractivity (Wildman–Crippen MR) is 91.1 cm³/mol. The molecule has 0 radical (unpaired) electrons. The van der Waals surface area contributed by atoms with Gasteiger partial charge in [-0.25, -0.2) is 8.77 Å². The maximum Gasteiger partial charge on any atom is 0.356 e. The van der Waals surface area contributed by atoms with E-state index in [0.29, 0.717) is 12.1 Å². The Hall–Kier alpha value is -1.39. The Morgan fingerprint density at radius 1 is 1.27 bits per heavy atom. The minimum atomic E-state index is -3.60. The number of hydrogen-bond acceptors (Lipinski definition) is 5. The van der Waals surface area contributed by atoms with E-state index in [1.54, 1.807) is 7.05 Å². The van der Waals surface area contributed by atoms with Gasteiger partial charge < -0.3 is 10.1 Å². The van der Waals surface area contributed by atoms with Crippen molar-refractivity contribution < 1.29 is 17.9 Å². The Labute approximate surface area is 141 Å². The normalized spacial score (nSPS) is 11.4. The molecule has 0 spiro atoms. The predicted octanol–water partition coefficient (Wildman–Crippen LogP) is 2.09. The number of carbonyl (C=O) groups is 1. The monoisotopic (exact) mass is 434 g/mol. The molecule has 0 fully saturated rings. The van der Waals surface area contributed by atoms with Gasteiger partial charge >= 0.3 is 5.97 Å². The van der Waals surface area contributed by atoms with Gasteiger partial charge in [0.2, 0.25) is 0 Å². The van der Waals surface area contributed by atoms with E-state index in [-0.39, 0.29) is 12.3 Å². The highest BCUT2D eigenvalue weighted by atomic mass is 127. The molecular formula is C14H15IN2O4S. The van der Waals surface area contributed by atoms with Crippen LogP contribution in [0.3, 0.4) is 0 Å². The summed E-state index contributed by atoms with van der Waals surface area (Å²) < 4.78 is 29.7. The Kier molecular flexibility index (Phi) is 5.59. The molecule has 6 nitrogen and oxygen atoms in total. The smallest absolute Gasteiger partial charge is 0.356 e. The number of nitrogens with zero attached hydrogens (tertiary/aromatic N) is 1. The number of esters is 1. The molecule has 2 aromatic rings. The Morgan fingerprint density at radius 3 is 2.55 bits per heavy atom. The van der Waals surface area contributed by atoms with Gasteiger partial charge in [0.15, 0.2) is 0 Å². The summed E-state index contributed by atoms with van der Waals surface area (Å²) in [5, 5.41) is 2.91. The molecule has 0 bridgehead atoms. The van der Waals surface area contributed by atoms with E-state index in [4.69, 9.17) is 4.74 Å². The second-order valence-electron chi connectivity index (χ2n) is 4.56. The van der Waals surface area contributed by atoms with E-state index in [2.05, 4.69) is 5.32 Å². The van der Waals surface area contributed by atoms with Crippen LogP contribution >= 0.6 is 21.2 Å². The number of halogens is 1. The zero-order chi connectivity index (χ0) is 16.2. The summed E-state index contributed by atoms with van der Waals surface area (Å²) in [7, 11) is -1.86. The zero-order valence-corrected chi connectivity index (χ0v) is 14.8. The molecule has 0 aliphatic rings. The first-order valence-corrected chi connectivity index (χ1v) is 10.4. The van der Waals surface area contributed by atoms with Crippen molar-refractivity contribution in [2.75, 3.05) is 7.05 Å². The molecule has 0 aliphatic carbocycles. The van der Waals surface area contributed by atoms with E-state index < -0.39 is 13.2 Å². The van der Waals surface area contributed by atoms with Crippen molar-refractivity contribution in [1.82, 2.24) is 9.29 Å². The first-order chi connectivity index (χ1) is 10.4. The van der Waals surface area contributed by atoms with Crippen molar-refractivity contribution in [2.45, 2.75) is 13.2 Å². The third-order valence-electron chi connectivity index (χ3n) is 2.88. The van der Waals surface area contributed by atoms with Crippen molar-refractivity contribution in [2.24, 2.45) is 0 Å². The van der Waals surface area contributed by atoms with Crippen LogP contribution in [-0.2, 0) is 25.1 Å². The number of carbonyl (C=O) groups excluding carboxylic acids is 1. The van der Waals surface area contributed by atoms with Crippen molar-refractivity contribution in [1.29, 1.82) is 0 Å². The SMILES string of the molecule is CNCc1cc(C(=O)OCc2ccccc2)n(S(=O)(=O)I)c1. The summed E-state index contributed by atoms with van der Waals surface area (Å²) in [6.07, 6.45) is 1.41. The molecule has 118 valence electrons. The maximum absolute atomic E-state index is 12.2.